The summed E-state index contributed by atoms with van der Waals surface area (Å²) in [4.78, 5) is 38.7. The zero-order valence-corrected chi connectivity index (χ0v) is 23.4. The number of amides is 1. The number of carbonyl (C=O) groups excluding carboxylic acids is 1. The third-order valence-electron chi connectivity index (χ3n) is 4.51. The van der Waals surface area contributed by atoms with Gasteiger partial charge in [0.2, 0.25) is 0 Å². The number of aliphatic imine (C=N–C) groups is 1. The van der Waals surface area contributed by atoms with Gasteiger partial charge in [-0.1, -0.05) is 28.3 Å². The van der Waals surface area contributed by atoms with Crippen molar-refractivity contribution >= 4 is 74.8 Å². The van der Waals surface area contributed by atoms with Gasteiger partial charge in [-0.05, 0) is 12.5 Å². The molecular weight excluding hydrogens is 533 g/mol. The summed E-state index contributed by atoms with van der Waals surface area (Å²) in [5.41, 5.74) is 6.14. The number of β-lactam (4-membered cyclic amide) rings is 1. The number of fused-ring (bicyclic) bond motifs is 1. The average Bonchev–Trinajstić information content (AvgIpc) is 3.40. The second-order valence-electron chi connectivity index (χ2n) is 6.62. The van der Waals surface area contributed by atoms with Crippen LogP contribution in [0.25, 0.3) is 0 Å². The van der Waals surface area contributed by atoms with E-state index in [-0.39, 0.29) is 51.8 Å². The van der Waals surface area contributed by atoms with Crippen molar-refractivity contribution in [3.8, 4) is 0 Å². The maximum absolute atomic E-state index is 12.8. The standard InChI is InChI=1S/C17H17N7O5S4.Na/c1-6-21-22-17(33-6)32-4-7-3-30-14-10(13(26)24(14)11(7)15(27)28)20-12(25)9(23-29-2)8-5-31-16(18)19-8;/h5,10,14H,3-4H2,1-2H3,(H2,18,19)(H,20,25)(H,27,28);/q;+1/p-1/b23-9-;/t10-,14-;/m1./s1. The zero-order chi connectivity index (χ0) is 23.7. The molecule has 0 aliphatic carbocycles. The van der Waals surface area contributed by atoms with E-state index in [0.29, 0.717) is 17.1 Å². The van der Waals surface area contributed by atoms with E-state index in [1.165, 1.54) is 52.3 Å². The number of anilines is 1. The predicted octanol–water partition coefficient (Wildman–Crippen LogP) is -2.59. The van der Waals surface area contributed by atoms with Crippen molar-refractivity contribution in [3.05, 3.63) is 27.4 Å². The molecule has 0 unspecified atom stereocenters. The van der Waals surface area contributed by atoms with Crippen LogP contribution in [0.4, 0.5) is 5.13 Å². The third kappa shape index (κ3) is 5.42. The number of nitrogens with two attached hydrogens (primary N) is 1. The quantitative estimate of drug-likeness (QED) is 0.0881. The topological polar surface area (TPSA) is 179 Å². The molecule has 1 saturated heterocycles. The Kier molecular flexibility index (Phi) is 8.99. The first-order chi connectivity index (χ1) is 15.8. The summed E-state index contributed by atoms with van der Waals surface area (Å²) in [7, 11) is 1.27. The van der Waals surface area contributed by atoms with E-state index in [9.17, 15) is 19.8 Å². The third-order valence-corrected chi connectivity index (χ3v) is 8.56. The van der Waals surface area contributed by atoms with Crippen LogP contribution in [0.3, 0.4) is 0 Å². The van der Waals surface area contributed by atoms with Gasteiger partial charge in [-0.3, -0.25) is 14.7 Å². The number of carboxylic acid groups (broad SMARTS) is 1. The van der Waals surface area contributed by atoms with Crippen molar-refractivity contribution in [2.24, 2.45) is 10.1 Å². The maximum Gasteiger partial charge on any atom is 1.00 e. The Bertz CT molecular complexity index is 1200. The molecule has 0 bridgehead atoms. The van der Waals surface area contributed by atoms with Crippen molar-refractivity contribution in [1.29, 1.82) is 0 Å². The fourth-order valence-electron chi connectivity index (χ4n) is 3.12. The van der Waals surface area contributed by atoms with Gasteiger partial charge >= 0.3 is 35.5 Å². The van der Waals surface area contributed by atoms with Crippen LogP contribution in [-0.4, -0.2) is 78.7 Å². The number of thioether (sulfide) groups is 2. The number of nitrogens with zero attached hydrogens (tertiary/aromatic N) is 6. The fourth-order valence-corrected chi connectivity index (χ4v) is 6.95. The number of carbonyl (C=O) groups is 2. The van der Waals surface area contributed by atoms with Gasteiger partial charge in [0.05, 0.1) is 0 Å². The van der Waals surface area contributed by atoms with Crippen molar-refractivity contribution in [3.63, 3.8) is 0 Å². The van der Waals surface area contributed by atoms with Gasteiger partial charge in [-0.25, -0.2) is 9.78 Å². The number of aryl methyl sites for hydroxylation is 1. The zero-order valence-electron chi connectivity index (χ0n) is 18.1. The summed E-state index contributed by atoms with van der Waals surface area (Å²) < 4.78 is 0.720. The molecule has 4 heterocycles. The van der Waals surface area contributed by atoms with E-state index in [1.54, 1.807) is 0 Å². The van der Waals surface area contributed by atoms with Gasteiger partial charge in [-0.2, -0.15) is 0 Å². The number of aliphatic carboxylic acids is 1. The van der Waals surface area contributed by atoms with E-state index in [0.717, 1.165) is 20.7 Å². The Morgan fingerprint density at radius 1 is 1.47 bits per heavy atom. The molecule has 4 rings (SSSR count). The van der Waals surface area contributed by atoms with E-state index < -0.39 is 29.2 Å². The van der Waals surface area contributed by atoms with Crippen LogP contribution >= 0.6 is 46.2 Å². The summed E-state index contributed by atoms with van der Waals surface area (Å²) in [6.45, 7) is 1.83. The Hall–Kier alpha value is -1.69. The van der Waals surface area contributed by atoms with Gasteiger partial charge in [0.15, 0.2) is 15.5 Å². The molecule has 0 aromatic carbocycles. The molecule has 0 radical (unpaired) electrons. The first-order valence-corrected chi connectivity index (χ1v) is 12.9. The minimum absolute atomic E-state index is 0. The summed E-state index contributed by atoms with van der Waals surface area (Å²) in [5, 5.41) is 36.1. The molecule has 17 heteroatoms. The van der Waals surface area contributed by atoms with Crippen LogP contribution in [0.2, 0.25) is 0 Å². The smallest absolute Gasteiger partial charge is 0.857 e. The average molecular weight is 550 g/mol. The van der Waals surface area contributed by atoms with Crippen molar-refractivity contribution < 1.29 is 54.2 Å². The molecule has 2 aliphatic heterocycles. The molecule has 2 aromatic heterocycles. The van der Waals surface area contributed by atoms with Crippen LogP contribution in [0.1, 0.15) is 10.7 Å². The van der Waals surface area contributed by atoms with E-state index in [2.05, 4.69) is 25.3 Å². The van der Waals surface area contributed by atoms with Crippen LogP contribution in [0, 0.1) is 6.92 Å². The molecule has 2 atom stereocenters. The number of aromatic nitrogens is 3. The molecular formula is C17H16N7NaO5S4. The number of nitrogen functional groups attached to an aromatic ring is 1. The SMILES string of the molecule is CO/N=C(\C([O-])=N[C@@H]1C(=O)N2C(C(=O)O)=C(CSc3nnc(C)s3)CS[C@H]12)c1csc(N)n1.[Na+]. The normalized spacial score (nSPS) is 20.5. The summed E-state index contributed by atoms with van der Waals surface area (Å²) >= 11 is 5.25. The maximum atomic E-state index is 12.8. The van der Waals surface area contributed by atoms with Crippen LogP contribution in [-0.2, 0) is 14.4 Å². The number of hydrogen-bond acceptors (Lipinski definition) is 14. The molecule has 1 amide bonds. The molecule has 1 fully saturated rings. The molecule has 174 valence electrons. The van der Waals surface area contributed by atoms with Crippen LogP contribution < -0.4 is 40.4 Å². The molecule has 34 heavy (non-hydrogen) atoms. The fraction of sp³-hybridized carbons (Fsp3) is 0.353. The molecule has 2 aliphatic rings. The predicted molar refractivity (Wildman–Crippen MR) is 124 cm³/mol. The van der Waals surface area contributed by atoms with Crippen molar-refractivity contribution in [1.82, 2.24) is 20.1 Å². The molecule has 12 nitrogen and oxygen atoms in total. The number of hydrogen-bond donors (Lipinski definition) is 2. The first-order valence-electron chi connectivity index (χ1n) is 9.20. The minimum atomic E-state index is -1.21. The molecule has 0 spiro atoms. The molecule has 3 N–H and O–H groups in total. The molecule has 0 saturated carbocycles. The number of carboxylic acids is 1. The van der Waals surface area contributed by atoms with Crippen molar-refractivity contribution in [2.45, 2.75) is 22.7 Å². The number of thiazole rings is 1. The Morgan fingerprint density at radius 3 is 2.82 bits per heavy atom. The summed E-state index contributed by atoms with van der Waals surface area (Å²) in [6.07, 6.45) is 0. The number of rotatable bonds is 8. The summed E-state index contributed by atoms with van der Waals surface area (Å²) in [6, 6.07) is -1.03. The Balaban J connectivity index is 0.00000324. The second kappa shape index (κ2) is 11.4. The molecule has 2 aromatic rings. The largest absolute Gasteiger partial charge is 1.00 e. The van der Waals surface area contributed by atoms with Gasteiger partial charge in [0.1, 0.15) is 34.6 Å². The number of oxime groups is 1. The van der Waals surface area contributed by atoms with Crippen LogP contribution in [0.15, 0.2) is 31.1 Å². The van der Waals surface area contributed by atoms with Gasteiger partial charge in [0, 0.05) is 22.8 Å². The second-order valence-corrected chi connectivity index (χ2v) is 11.0. The van der Waals surface area contributed by atoms with Crippen LogP contribution in [0.5, 0.6) is 0 Å². The van der Waals surface area contributed by atoms with E-state index in [1.807, 2.05) is 6.92 Å². The Morgan fingerprint density at radius 2 is 2.24 bits per heavy atom. The Labute approximate surface area is 232 Å². The van der Waals surface area contributed by atoms with E-state index >= 15 is 0 Å². The first kappa shape index (κ1) is 26.9. The van der Waals surface area contributed by atoms with Crippen molar-refractivity contribution in [2.75, 3.05) is 24.3 Å². The van der Waals surface area contributed by atoms with Gasteiger partial charge < -0.3 is 20.8 Å². The van der Waals surface area contributed by atoms with E-state index in [4.69, 9.17) is 10.6 Å². The summed E-state index contributed by atoms with van der Waals surface area (Å²) in [5.74, 6) is -1.84. The van der Waals surface area contributed by atoms with Gasteiger partial charge in [-0.15, -0.1) is 33.3 Å². The minimum Gasteiger partial charge on any atom is -0.857 e. The van der Waals surface area contributed by atoms with Gasteiger partial charge in [0.25, 0.3) is 5.91 Å². The monoisotopic (exact) mass is 549 g/mol.